The highest BCUT2D eigenvalue weighted by atomic mass is 35.5. The van der Waals surface area contributed by atoms with Crippen molar-refractivity contribution in [3.8, 4) is 12.1 Å². The van der Waals surface area contributed by atoms with Crippen LogP contribution >= 0.6 is 11.6 Å². The van der Waals surface area contributed by atoms with Crippen molar-refractivity contribution in [1.29, 1.82) is 10.5 Å². The minimum absolute atomic E-state index is 0.185. The Morgan fingerprint density at radius 2 is 1.58 bits per heavy atom. The van der Waals surface area contributed by atoms with E-state index in [2.05, 4.69) is 0 Å². The molecule has 0 radical (unpaired) electrons. The molecule has 0 saturated heterocycles. The van der Waals surface area contributed by atoms with Gasteiger partial charge in [0.25, 0.3) is 0 Å². The highest BCUT2D eigenvalue weighted by Gasteiger charge is 2.08. The second kappa shape index (κ2) is 3.21. The molecule has 0 aliphatic rings. The zero-order valence-corrected chi connectivity index (χ0v) is 6.56. The third-order valence-corrected chi connectivity index (χ3v) is 1.50. The van der Waals surface area contributed by atoms with Crippen molar-refractivity contribution in [2.45, 2.75) is 0 Å². The Morgan fingerprint density at radius 1 is 1.17 bits per heavy atom. The van der Waals surface area contributed by atoms with E-state index in [1.807, 2.05) is 0 Å². The topological polar surface area (TPSA) is 47.6 Å². The van der Waals surface area contributed by atoms with Crippen LogP contribution in [-0.4, -0.2) is 0 Å². The maximum Gasteiger partial charge on any atom is 0.158 e. The highest BCUT2D eigenvalue weighted by molar-refractivity contribution is 6.30. The predicted octanol–water partition coefficient (Wildman–Crippen LogP) is 2.22. The average Bonchev–Trinajstić information content (AvgIpc) is 2.08. The van der Waals surface area contributed by atoms with Crippen molar-refractivity contribution in [1.82, 2.24) is 0 Å². The van der Waals surface area contributed by atoms with Crippen molar-refractivity contribution >= 4 is 11.6 Å². The van der Waals surface area contributed by atoms with Crippen LogP contribution in [0.5, 0.6) is 0 Å². The summed E-state index contributed by atoms with van der Waals surface area (Å²) in [4.78, 5) is 0. The van der Waals surface area contributed by atoms with Crippen molar-refractivity contribution in [3.05, 3.63) is 34.1 Å². The van der Waals surface area contributed by atoms with Crippen LogP contribution in [0.2, 0.25) is 5.02 Å². The molecule has 0 heterocycles. The molecule has 1 aromatic carbocycles. The van der Waals surface area contributed by atoms with Crippen molar-refractivity contribution in [2.24, 2.45) is 0 Å². The fraction of sp³-hybridized carbons (Fsp3) is 0. The van der Waals surface area contributed by atoms with Crippen LogP contribution in [0.4, 0.5) is 4.39 Å². The first-order chi connectivity index (χ1) is 5.69. The Kier molecular flexibility index (Phi) is 2.28. The lowest BCUT2D eigenvalue weighted by atomic mass is 10.1. The van der Waals surface area contributed by atoms with Crippen LogP contribution in [0.3, 0.4) is 0 Å². The van der Waals surface area contributed by atoms with Crippen LogP contribution in [0.15, 0.2) is 12.1 Å². The van der Waals surface area contributed by atoms with Gasteiger partial charge in [0.2, 0.25) is 0 Å². The van der Waals surface area contributed by atoms with Gasteiger partial charge in [0, 0.05) is 5.02 Å². The largest absolute Gasteiger partial charge is 0.204 e. The van der Waals surface area contributed by atoms with Gasteiger partial charge in [-0.25, -0.2) is 4.39 Å². The summed E-state index contributed by atoms with van der Waals surface area (Å²) in [6.07, 6.45) is 0. The summed E-state index contributed by atoms with van der Waals surface area (Å²) in [5, 5.41) is 17.0. The summed E-state index contributed by atoms with van der Waals surface area (Å²) in [5.41, 5.74) is -0.418. The third kappa shape index (κ3) is 1.37. The molecule has 1 aromatic rings. The summed E-state index contributed by atoms with van der Waals surface area (Å²) < 4.78 is 12.9. The van der Waals surface area contributed by atoms with Gasteiger partial charge in [-0.3, -0.25) is 0 Å². The van der Waals surface area contributed by atoms with Gasteiger partial charge in [-0.1, -0.05) is 11.6 Å². The van der Waals surface area contributed by atoms with Crippen LogP contribution < -0.4 is 0 Å². The number of rotatable bonds is 0. The van der Waals surface area contributed by atoms with E-state index in [4.69, 9.17) is 22.1 Å². The molecule has 0 amide bonds. The second-order valence-electron chi connectivity index (χ2n) is 2.04. The second-order valence-corrected chi connectivity index (χ2v) is 2.47. The molecule has 0 N–H and O–H groups in total. The molecule has 12 heavy (non-hydrogen) atoms. The summed E-state index contributed by atoms with van der Waals surface area (Å²) in [5.74, 6) is -0.815. The van der Waals surface area contributed by atoms with E-state index in [0.717, 1.165) is 0 Å². The van der Waals surface area contributed by atoms with Gasteiger partial charge < -0.3 is 0 Å². The molecule has 4 heteroatoms. The number of nitriles is 2. The molecule has 0 saturated carbocycles. The number of hydrogen-bond donors (Lipinski definition) is 0. The molecule has 2 nitrogen and oxygen atoms in total. The fourth-order valence-corrected chi connectivity index (χ4v) is 0.970. The van der Waals surface area contributed by atoms with Crippen LogP contribution in [0.25, 0.3) is 0 Å². The molecule has 0 atom stereocenters. The average molecular weight is 181 g/mol. The molecular weight excluding hydrogens is 179 g/mol. The van der Waals surface area contributed by atoms with Gasteiger partial charge in [-0.15, -0.1) is 0 Å². The Balaban J connectivity index is 3.48. The van der Waals surface area contributed by atoms with E-state index in [0.29, 0.717) is 0 Å². The molecule has 58 valence electrons. The van der Waals surface area contributed by atoms with Gasteiger partial charge >= 0.3 is 0 Å². The summed E-state index contributed by atoms with van der Waals surface area (Å²) >= 11 is 5.51. The van der Waals surface area contributed by atoms with E-state index in [9.17, 15) is 4.39 Å². The number of hydrogen-bond acceptors (Lipinski definition) is 2. The van der Waals surface area contributed by atoms with E-state index >= 15 is 0 Å². The Hall–Kier alpha value is -1.58. The molecule has 0 bridgehead atoms. The maximum absolute atomic E-state index is 12.9. The Morgan fingerprint density at radius 3 is 1.92 bits per heavy atom. The molecule has 0 fully saturated rings. The van der Waals surface area contributed by atoms with E-state index in [1.165, 1.54) is 12.1 Å². The SMILES string of the molecule is N#Cc1cc(Cl)cc(C#N)c1F. The normalized spacial score (nSPS) is 8.67. The minimum Gasteiger partial charge on any atom is -0.204 e. The number of halogens is 2. The van der Waals surface area contributed by atoms with Crippen LogP contribution in [-0.2, 0) is 0 Å². The van der Waals surface area contributed by atoms with Crippen LogP contribution in [0, 0.1) is 28.5 Å². The standard InChI is InChI=1S/C8H2ClFN2/c9-7-1-5(3-11)8(10)6(2-7)4-12/h1-2H. The molecule has 0 aliphatic heterocycles. The van der Waals surface area contributed by atoms with E-state index in [-0.39, 0.29) is 16.1 Å². The van der Waals surface area contributed by atoms with Gasteiger partial charge in [0.1, 0.15) is 12.1 Å². The van der Waals surface area contributed by atoms with E-state index in [1.54, 1.807) is 12.1 Å². The molecule has 0 aromatic heterocycles. The number of nitrogens with zero attached hydrogens (tertiary/aromatic N) is 2. The summed E-state index contributed by atoms with van der Waals surface area (Å²) in [6.45, 7) is 0. The van der Waals surface area contributed by atoms with Crippen molar-refractivity contribution in [2.75, 3.05) is 0 Å². The first kappa shape index (κ1) is 8.52. The summed E-state index contributed by atoms with van der Waals surface area (Å²) in [6, 6.07) is 5.56. The molecular formula is C8H2ClFN2. The quantitative estimate of drug-likeness (QED) is 0.615. The van der Waals surface area contributed by atoms with Gasteiger partial charge in [-0.05, 0) is 12.1 Å². The zero-order valence-electron chi connectivity index (χ0n) is 5.81. The lowest BCUT2D eigenvalue weighted by Gasteiger charge is -1.96. The summed E-state index contributed by atoms with van der Waals surface area (Å²) in [7, 11) is 0. The van der Waals surface area contributed by atoms with Gasteiger partial charge in [0.15, 0.2) is 5.82 Å². The molecule has 0 aliphatic carbocycles. The van der Waals surface area contributed by atoms with Crippen molar-refractivity contribution < 1.29 is 4.39 Å². The smallest absolute Gasteiger partial charge is 0.158 e. The first-order valence-corrected chi connectivity index (χ1v) is 3.36. The minimum atomic E-state index is -0.815. The van der Waals surface area contributed by atoms with Gasteiger partial charge in [0.05, 0.1) is 11.1 Å². The molecule has 0 spiro atoms. The third-order valence-electron chi connectivity index (χ3n) is 1.28. The number of benzene rings is 1. The lowest BCUT2D eigenvalue weighted by Crippen LogP contribution is -1.89. The molecule has 1 rings (SSSR count). The Bertz CT molecular complexity index is 365. The lowest BCUT2D eigenvalue weighted by molar-refractivity contribution is 0.620. The van der Waals surface area contributed by atoms with Gasteiger partial charge in [-0.2, -0.15) is 10.5 Å². The van der Waals surface area contributed by atoms with Crippen molar-refractivity contribution in [3.63, 3.8) is 0 Å². The van der Waals surface area contributed by atoms with E-state index < -0.39 is 5.82 Å². The Labute approximate surface area is 73.4 Å². The maximum atomic E-state index is 12.9. The molecule has 0 unspecified atom stereocenters. The zero-order chi connectivity index (χ0) is 9.14. The monoisotopic (exact) mass is 180 g/mol. The highest BCUT2D eigenvalue weighted by Crippen LogP contribution is 2.18. The fourth-order valence-electron chi connectivity index (χ4n) is 0.752. The first-order valence-electron chi connectivity index (χ1n) is 2.98. The van der Waals surface area contributed by atoms with Crippen LogP contribution in [0.1, 0.15) is 11.1 Å². The predicted molar refractivity (Wildman–Crippen MR) is 40.8 cm³/mol.